The molecule has 0 aliphatic carbocycles. The fraction of sp³-hybridized carbons (Fsp3) is 0.143. The maximum Gasteiger partial charge on any atom is 0.267 e. The van der Waals surface area contributed by atoms with Crippen LogP contribution < -0.4 is 5.73 Å². The second-order valence-electron chi connectivity index (χ2n) is 2.35. The van der Waals surface area contributed by atoms with Crippen molar-refractivity contribution in [1.29, 1.82) is 0 Å². The van der Waals surface area contributed by atoms with E-state index in [1.165, 1.54) is 0 Å². The number of nitrogens with zero attached hydrogens (tertiary/aromatic N) is 1. The van der Waals surface area contributed by atoms with Crippen LogP contribution in [0.1, 0.15) is 22.5 Å². The molecule has 0 aromatic carbocycles. The van der Waals surface area contributed by atoms with E-state index in [0.717, 1.165) is 6.20 Å². The Balaban J connectivity index is 3.45. The SMILES string of the molecule is NC(=O)c1ncc(Br)c(Cl)c1C(F)F. The van der Waals surface area contributed by atoms with Crippen molar-refractivity contribution in [2.75, 3.05) is 0 Å². The summed E-state index contributed by atoms with van der Waals surface area (Å²) in [6.07, 6.45) is -1.75. The van der Waals surface area contributed by atoms with Crippen LogP contribution in [0.2, 0.25) is 5.02 Å². The second-order valence-corrected chi connectivity index (χ2v) is 3.58. The molecule has 14 heavy (non-hydrogen) atoms. The fourth-order valence-corrected chi connectivity index (χ4v) is 1.41. The summed E-state index contributed by atoms with van der Waals surface area (Å²) in [7, 11) is 0. The lowest BCUT2D eigenvalue weighted by Gasteiger charge is -2.07. The number of halogens is 4. The van der Waals surface area contributed by atoms with E-state index in [0.29, 0.717) is 0 Å². The first-order valence-electron chi connectivity index (χ1n) is 3.37. The second kappa shape index (κ2) is 4.18. The average molecular weight is 285 g/mol. The number of amides is 1. The van der Waals surface area contributed by atoms with E-state index < -0.39 is 23.6 Å². The van der Waals surface area contributed by atoms with Gasteiger partial charge in [0.2, 0.25) is 0 Å². The van der Waals surface area contributed by atoms with E-state index in [1.54, 1.807) is 0 Å². The lowest BCUT2D eigenvalue weighted by Crippen LogP contribution is -2.16. The Morgan fingerprint density at radius 1 is 1.64 bits per heavy atom. The molecule has 0 saturated heterocycles. The minimum absolute atomic E-state index is 0.194. The molecular weight excluding hydrogens is 281 g/mol. The first kappa shape index (κ1) is 11.3. The standard InChI is InChI=1S/C7H4BrClF2N2O/c8-2-1-13-5(7(12)14)3(4(2)9)6(10)11/h1,6H,(H2,12,14). The Morgan fingerprint density at radius 3 is 2.64 bits per heavy atom. The highest BCUT2D eigenvalue weighted by Crippen LogP contribution is 2.34. The molecule has 7 heteroatoms. The Labute approximate surface area is 91.4 Å². The molecule has 1 rings (SSSR count). The van der Waals surface area contributed by atoms with Crippen molar-refractivity contribution in [2.45, 2.75) is 6.43 Å². The zero-order chi connectivity index (χ0) is 10.9. The number of carbonyl (C=O) groups is 1. The van der Waals surface area contributed by atoms with Gasteiger partial charge in [0, 0.05) is 6.20 Å². The third-order valence-electron chi connectivity index (χ3n) is 1.46. The molecule has 1 amide bonds. The van der Waals surface area contributed by atoms with Gasteiger partial charge in [-0.3, -0.25) is 4.79 Å². The normalized spacial score (nSPS) is 10.6. The van der Waals surface area contributed by atoms with Gasteiger partial charge in [-0.2, -0.15) is 0 Å². The zero-order valence-electron chi connectivity index (χ0n) is 6.60. The highest BCUT2D eigenvalue weighted by Gasteiger charge is 2.23. The summed E-state index contributed by atoms with van der Waals surface area (Å²) in [5.41, 5.74) is 3.71. The molecule has 0 spiro atoms. The highest BCUT2D eigenvalue weighted by atomic mass is 79.9. The van der Waals surface area contributed by atoms with Crippen LogP contribution in [-0.4, -0.2) is 10.9 Å². The van der Waals surface area contributed by atoms with Crippen LogP contribution in [0.5, 0.6) is 0 Å². The molecule has 0 aliphatic heterocycles. The van der Waals surface area contributed by atoms with Crippen LogP contribution in [0.25, 0.3) is 0 Å². The Kier molecular flexibility index (Phi) is 3.38. The van der Waals surface area contributed by atoms with Crippen LogP contribution >= 0.6 is 27.5 Å². The highest BCUT2D eigenvalue weighted by molar-refractivity contribution is 9.10. The Hall–Kier alpha value is -0.750. The zero-order valence-corrected chi connectivity index (χ0v) is 8.94. The van der Waals surface area contributed by atoms with Gasteiger partial charge in [-0.05, 0) is 15.9 Å². The van der Waals surface area contributed by atoms with Crippen molar-refractivity contribution >= 4 is 33.4 Å². The molecule has 0 atom stereocenters. The molecule has 76 valence electrons. The molecule has 0 unspecified atom stereocenters. The van der Waals surface area contributed by atoms with Gasteiger partial charge in [-0.25, -0.2) is 13.8 Å². The topological polar surface area (TPSA) is 56.0 Å². The van der Waals surface area contributed by atoms with Crippen molar-refractivity contribution in [2.24, 2.45) is 5.73 Å². The number of primary amides is 1. The number of aromatic nitrogens is 1. The minimum Gasteiger partial charge on any atom is -0.364 e. The van der Waals surface area contributed by atoms with Crippen LogP contribution in [0, 0.1) is 0 Å². The number of rotatable bonds is 2. The summed E-state index contributed by atoms with van der Waals surface area (Å²) in [5, 5.41) is -0.246. The molecule has 0 bridgehead atoms. The van der Waals surface area contributed by atoms with Crippen LogP contribution in [-0.2, 0) is 0 Å². The predicted octanol–water partition coefficient (Wildman–Crippen LogP) is 2.53. The molecule has 0 radical (unpaired) electrons. The smallest absolute Gasteiger partial charge is 0.267 e. The van der Waals surface area contributed by atoms with Crippen molar-refractivity contribution in [3.8, 4) is 0 Å². The summed E-state index contributed by atoms with van der Waals surface area (Å²) >= 11 is 8.48. The van der Waals surface area contributed by atoms with Gasteiger partial charge < -0.3 is 5.73 Å². The summed E-state index contributed by atoms with van der Waals surface area (Å²) in [5.74, 6) is -1.03. The van der Waals surface area contributed by atoms with Gasteiger partial charge in [-0.1, -0.05) is 11.6 Å². The Bertz CT molecular complexity index is 386. The number of carbonyl (C=O) groups excluding carboxylic acids is 1. The van der Waals surface area contributed by atoms with E-state index in [-0.39, 0.29) is 9.50 Å². The largest absolute Gasteiger partial charge is 0.364 e. The fourth-order valence-electron chi connectivity index (χ4n) is 0.876. The summed E-state index contributed by atoms with van der Waals surface area (Å²) in [4.78, 5) is 14.2. The number of pyridine rings is 1. The van der Waals surface area contributed by atoms with Gasteiger partial charge in [-0.15, -0.1) is 0 Å². The van der Waals surface area contributed by atoms with Crippen molar-refractivity contribution in [1.82, 2.24) is 4.98 Å². The Morgan fingerprint density at radius 2 is 2.21 bits per heavy atom. The van der Waals surface area contributed by atoms with Crippen LogP contribution in [0.15, 0.2) is 10.7 Å². The lowest BCUT2D eigenvalue weighted by molar-refractivity contribution is 0.0980. The van der Waals surface area contributed by atoms with Gasteiger partial charge >= 0.3 is 0 Å². The molecule has 0 aliphatic rings. The molecule has 3 nitrogen and oxygen atoms in total. The van der Waals surface area contributed by atoms with Crippen molar-refractivity contribution < 1.29 is 13.6 Å². The third-order valence-corrected chi connectivity index (χ3v) is 2.70. The molecule has 1 aromatic rings. The quantitative estimate of drug-likeness (QED) is 0.908. The van der Waals surface area contributed by atoms with Crippen molar-refractivity contribution in [3.05, 3.63) is 26.9 Å². The first-order valence-corrected chi connectivity index (χ1v) is 4.54. The molecular formula is C7H4BrClF2N2O. The van der Waals surface area contributed by atoms with Gasteiger partial charge in [0.1, 0.15) is 5.69 Å². The van der Waals surface area contributed by atoms with Gasteiger partial charge in [0.25, 0.3) is 12.3 Å². The van der Waals surface area contributed by atoms with E-state index in [9.17, 15) is 13.6 Å². The number of nitrogens with two attached hydrogens (primary N) is 1. The minimum atomic E-state index is -2.89. The van der Waals surface area contributed by atoms with Crippen LogP contribution in [0.3, 0.4) is 0 Å². The molecule has 0 fully saturated rings. The number of hydrogen-bond acceptors (Lipinski definition) is 2. The molecule has 2 N–H and O–H groups in total. The van der Waals surface area contributed by atoms with Gasteiger partial charge in [0.15, 0.2) is 0 Å². The van der Waals surface area contributed by atoms with Gasteiger partial charge in [0.05, 0.1) is 15.1 Å². The van der Waals surface area contributed by atoms with Crippen molar-refractivity contribution in [3.63, 3.8) is 0 Å². The summed E-state index contributed by atoms with van der Waals surface area (Å²) < 4.78 is 25.1. The number of alkyl halides is 2. The predicted molar refractivity (Wildman–Crippen MR) is 50.4 cm³/mol. The molecule has 0 saturated carbocycles. The lowest BCUT2D eigenvalue weighted by atomic mass is 10.2. The van der Waals surface area contributed by atoms with E-state index in [2.05, 4.69) is 20.9 Å². The summed E-state index contributed by atoms with van der Waals surface area (Å²) in [6, 6.07) is 0. The third kappa shape index (κ3) is 2.01. The number of hydrogen-bond donors (Lipinski definition) is 1. The van der Waals surface area contributed by atoms with E-state index in [4.69, 9.17) is 17.3 Å². The monoisotopic (exact) mass is 284 g/mol. The molecule has 1 heterocycles. The maximum absolute atomic E-state index is 12.5. The van der Waals surface area contributed by atoms with E-state index >= 15 is 0 Å². The van der Waals surface area contributed by atoms with E-state index in [1.807, 2.05) is 0 Å². The average Bonchev–Trinajstić information content (AvgIpc) is 2.08. The summed E-state index contributed by atoms with van der Waals surface area (Å²) in [6.45, 7) is 0. The first-order chi connectivity index (χ1) is 6.45. The maximum atomic E-state index is 12.5. The molecule has 1 aromatic heterocycles. The van der Waals surface area contributed by atoms with Crippen LogP contribution in [0.4, 0.5) is 8.78 Å².